The Bertz CT molecular complexity index is 339. The summed E-state index contributed by atoms with van der Waals surface area (Å²) in [7, 11) is 1.94. The molecule has 0 bridgehead atoms. The summed E-state index contributed by atoms with van der Waals surface area (Å²) in [5.41, 5.74) is 0. The largest absolute Gasteiger partial charge is 1.00 e. The lowest BCUT2D eigenvalue weighted by molar-refractivity contribution is -0.671. The van der Waals surface area contributed by atoms with Gasteiger partial charge in [0.25, 0.3) is 0 Å². The second-order valence-electron chi connectivity index (χ2n) is 4.40. The van der Waals surface area contributed by atoms with Crippen LogP contribution in [-0.4, -0.2) is 10.5 Å². The fourth-order valence-corrected chi connectivity index (χ4v) is 1.67. The van der Waals surface area contributed by atoms with Crippen LogP contribution in [0.1, 0.15) is 45.4 Å². The highest BCUT2D eigenvalue weighted by Gasteiger charge is 2.05. The zero-order chi connectivity index (χ0) is 12.5. The van der Waals surface area contributed by atoms with Crippen LogP contribution < -0.4 is 17.0 Å². The second-order valence-corrected chi connectivity index (χ2v) is 4.40. The minimum Gasteiger partial charge on any atom is -1.00 e. The summed E-state index contributed by atoms with van der Waals surface area (Å²) in [6, 6.07) is 0. The molecule has 1 aromatic rings. The number of esters is 1. The molecule has 0 saturated heterocycles. The van der Waals surface area contributed by atoms with Gasteiger partial charge in [-0.15, -0.1) is 0 Å². The summed E-state index contributed by atoms with van der Waals surface area (Å²) >= 11 is 0. The number of halogens is 1. The molecular formula is C13H23ClN2O2. The van der Waals surface area contributed by atoms with E-state index in [9.17, 15) is 4.79 Å². The molecule has 0 radical (unpaired) electrons. The van der Waals surface area contributed by atoms with Gasteiger partial charge in [-0.3, -0.25) is 4.79 Å². The molecule has 1 aromatic heterocycles. The maximum atomic E-state index is 11.4. The number of hydrogen-bond acceptors (Lipinski definition) is 2. The van der Waals surface area contributed by atoms with Gasteiger partial charge in [-0.05, 0) is 6.42 Å². The van der Waals surface area contributed by atoms with Crippen LogP contribution in [0.15, 0.2) is 18.7 Å². The lowest BCUT2D eigenvalue weighted by atomic mass is 10.1. The molecule has 0 aliphatic rings. The predicted molar refractivity (Wildman–Crippen MR) is 65.1 cm³/mol. The Hall–Kier alpha value is -1.03. The summed E-state index contributed by atoms with van der Waals surface area (Å²) in [6.07, 6.45) is 12.0. The Morgan fingerprint density at radius 2 is 2.00 bits per heavy atom. The van der Waals surface area contributed by atoms with Gasteiger partial charge in [-0.2, -0.15) is 0 Å². The minimum absolute atomic E-state index is 0. The van der Waals surface area contributed by atoms with Gasteiger partial charge in [0.1, 0.15) is 12.4 Å². The molecule has 0 aliphatic carbocycles. The molecule has 0 amide bonds. The van der Waals surface area contributed by atoms with Crippen LogP contribution in [0, 0.1) is 0 Å². The van der Waals surface area contributed by atoms with Crippen molar-refractivity contribution in [1.82, 2.24) is 4.57 Å². The Morgan fingerprint density at radius 1 is 1.28 bits per heavy atom. The Morgan fingerprint density at radius 3 is 2.61 bits per heavy atom. The van der Waals surface area contributed by atoms with Crippen molar-refractivity contribution in [3.05, 3.63) is 18.7 Å². The quantitative estimate of drug-likeness (QED) is 0.353. The van der Waals surface area contributed by atoms with E-state index >= 15 is 0 Å². The highest BCUT2D eigenvalue weighted by Crippen LogP contribution is 2.05. The Balaban J connectivity index is 0.00000289. The molecule has 0 aromatic carbocycles. The third-order valence-electron chi connectivity index (χ3n) is 2.68. The van der Waals surface area contributed by atoms with Crippen molar-refractivity contribution >= 4 is 5.97 Å². The van der Waals surface area contributed by atoms with E-state index in [-0.39, 0.29) is 18.4 Å². The lowest BCUT2D eigenvalue weighted by Crippen LogP contribution is -3.00. The number of carbonyl (C=O) groups excluding carboxylic acids is 1. The first kappa shape index (κ1) is 17.0. The van der Waals surface area contributed by atoms with Gasteiger partial charge in [0.15, 0.2) is 0 Å². The third-order valence-corrected chi connectivity index (χ3v) is 2.68. The summed E-state index contributed by atoms with van der Waals surface area (Å²) in [5.74, 6) is -0.0992. The maximum Gasteiger partial charge on any atom is 0.308 e. The number of hydrogen-bond donors (Lipinski definition) is 0. The molecule has 4 nitrogen and oxygen atoms in total. The molecule has 0 spiro atoms. The standard InChI is InChI=1S/C13H23N2O2.ClH/c1-3-4-5-6-7-8-13(16)17-12-15-10-9-14(2)11-15;/h9-11H,3-8,12H2,1-2H3;1H/q+1;/p-1. The number of aryl methyl sites for hydroxylation is 1. The average Bonchev–Trinajstić information content (AvgIpc) is 2.72. The molecule has 5 heteroatoms. The first-order valence-corrected chi connectivity index (χ1v) is 6.39. The van der Waals surface area contributed by atoms with Crippen LogP contribution in [0.25, 0.3) is 0 Å². The molecule has 0 N–H and O–H groups in total. The van der Waals surface area contributed by atoms with Gasteiger partial charge < -0.3 is 17.1 Å². The first-order chi connectivity index (χ1) is 8.22. The summed E-state index contributed by atoms with van der Waals surface area (Å²) in [4.78, 5) is 11.4. The third kappa shape index (κ3) is 7.33. The van der Waals surface area contributed by atoms with Crippen LogP contribution in [0.2, 0.25) is 0 Å². The van der Waals surface area contributed by atoms with Crippen LogP contribution in [-0.2, 0) is 23.3 Å². The maximum absolute atomic E-state index is 11.4. The molecule has 0 unspecified atom stereocenters. The van der Waals surface area contributed by atoms with E-state index in [1.807, 2.05) is 34.9 Å². The van der Waals surface area contributed by atoms with Gasteiger partial charge in [0.2, 0.25) is 13.1 Å². The topological polar surface area (TPSA) is 35.1 Å². The number of nitrogens with zero attached hydrogens (tertiary/aromatic N) is 2. The number of unbranched alkanes of at least 4 members (excludes halogenated alkanes) is 4. The molecule has 18 heavy (non-hydrogen) atoms. The van der Waals surface area contributed by atoms with Crippen LogP contribution >= 0.6 is 0 Å². The molecule has 0 saturated carbocycles. The molecule has 1 rings (SSSR count). The van der Waals surface area contributed by atoms with Gasteiger partial charge in [0.05, 0.1) is 7.05 Å². The smallest absolute Gasteiger partial charge is 0.308 e. The normalized spacial score (nSPS) is 9.89. The predicted octanol–water partition coefficient (Wildman–Crippen LogP) is -0.822. The number of ether oxygens (including phenoxy) is 1. The summed E-state index contributed by atoms with van der Waals surface area (Å²) in [5, 5.41) is 0. The number of aromatic nitrogens is 2. The summed E-state index contributed by atoms with van der Waals surface area (Å²) in [6.45, 7) is 2.50. The number of rotatable bonds is 8. The monoisotopic (exact) mass is 274 g/mol. The second kappa shape index (κ2) is 9.95. The van der Waals surface area contributed by atoms with Crippen molar-refractivity contribution in [2.45, 2.75) is 52.2 Å². The SMILES string of the molecule is CCCCCCCC(=O)OCn1cc[n+](C)c1.[Cl-]. The summed E-state index contributed by atoms with van der Waals surface area (Å²) < 4.78 is 8.92. The molecule has 104 valence electrons. The van der Waals surface area contributed by atoms with E-state index in [2.05, 4.69) is 6.92 Å². The number of imidazole rings is 1. The van der Waals surface area contributed by atoms with Gasteiger partial charge >= 0.3 is 5.97 Å². The highest BCUT2D eigenvalue weighted by atomic mass is 35.5. The zero-order valence-electron chi connectivity index (χ0n) is 11.3. The van der Waals surface area contributed by atoms with E-state index in [0.29, 0.717) is 13.2 Å². The number of carbonyl (C=O) groups is 1. The van der Waals surface area contributed by atoms with Crippen molar-refractivity contribution in [2.75, 3.05) is 0 Å². The Kier molecular flexibility index (Phi) is 9.38. The zero-order valence-corrected chi connectivity index (χ0v) is 12.0. The molecule has 0 aliphatic heterocycles. The molecule has 0 fully saturated rings. The van der Waals surface area contributed by atoms with E-state index in [0.717, 1.165) is 12.8 Å². The first-order valence-electron chi connectivity index (χ1n) is 6.39. The van der Waals surface area contributed by atoms with Gasteiger partial charge in [0, 0.05) is 6.42 Å². The lowest BCUT2D eigenvalue weighted by Gasteiger charge is -2.02. The molecule has 1 heterocycles. The van der Waals surface area contributed by atoms with Crippen LogP contribution in [0.3, 0.4) is 0 Å². The van der Waals surface area contributed by atoms with E-state index in [4.69, 9.17) is 4.74 Å². The minimum atomic E-state index is -0.0992. The van der Waals surface area contributed by atoms with Gasteiger partial charge in [-0.25, -0.2) is 9.13 Å². The molecule has 0 atom stereocenters. The van der Waals surface area contributed by atoms with E-state index in [1.54, 1.807) is 0 Å². The molecular weight excluding hydrogens is 252 g/mol. The Labute approximate surface area is 115 Å². The van der Waals surface area contributed by atoms with Crippen molar-refractivity contribution in [3.63, 3.8) is 0 Å². The van der Waals surface area contributed by atoms with E-state index < -0.39 is 0 Å². The van der Waals surface area contributed by atoms with Crippen molar-refractivity contribution in [1.29, 1.82) is 0 Å². The van der Waals surface area contributed by atoms with Crippen molar-refractivity contribution in [3.8, 4) is 0 Å². The fraction of sp³-hybridized carbons (Fsp3) is 0.692. The van der Waals surface area contributed by atoms with Gasteiger partial charge in [-0.1, -0.05) is 32.6 Å². The van der Waals surface area contributed by atoms with Crippen LogP contribution in [0.4, 0.5) is 0 Å². The fourth-order valence-electron chi connectivity index (χ4n) is 1.67. The average molecular weight is 275 g/mol. The highest BCUT2D eigenvalue weighted by molar-refractivity contribution is 5.69. The van der Waals surface area contributed by atoms with Crippen molar-refractivity contribution < 1.29 is 26.5 Å². The van der Waals surface area contributed by atoms with E-state index in [1.165, 1.54) is 19.3 Å². The van der Waals surface area contributed by atoms with Crippen molar-refractivity contribution in [2.24, 2.45) is 7.05 Å². The van der Waals surface area contributed by atoms with Crippen LogP contribution in [0.5, 0.6) is 0 Å².